The molecule has 3 aromatic rings. The number of carbonyl (C=O) groups excluding carboxylic acids is 1. The van der Waals surface area contributed by atoms with Gasteiger partial charge in [-0.2, -0.15) is 0 Å². The summed E-state index contributed by atoms with van der Waals surface area (Å²) in [5.74, 6) is 0.250. The van der Waals surface area contributed by atoms with Gasteiger partial charge in [-0.3, -0.25) is 14.2 Å². The molecular formula is C20H19N3O2. The quantitative estimate of drug-likeness (QED) is 0.797. The van der Waals surface area contributed by atoms with Gasteiger partial charge in [-0.15, -0.1) is 0 Å². The summed E-state index contributed by atoms with van der Waals surface area (Å²) in [6.07, 6.45) is 0. The van der Waals surface area contributed by atoms with Crippen LogP contribution in [-0.2, 0) is 11.3 Å². The van der Waals surface area contributed by atoms with Gasteiger partial charge in [0.05, 0.1) is 5.69 Å². The summed E-state index contributed by atoms with van der Waals surface area (Å²) in [5, 5.41) is 2.83. The lowest BCUT2D eigenvalue weighted by Crippen LogP contribution is -2.30. The van der Waals surface area contributed by atoms with Crippen molar-refractivity contribution in [2.75, 3.05) is 5.32 Å². The Morgan fingerprint density at radius 1 is 1.04 bits per heavy atom. The highest BCUT2D eigenvalue weighted by Crippen LogP contribution is 2.15. The maximum atomic E-state index is 12.4. The highest BCUT2D eigenvalue weighted by atomic mass is 16.2. The molecule has 0 aliphatic carbocycles. The number of amides is 1. The molecule has 0 unspecified atom stereocenters. The second kappa shape index (κ2) is 7.13. The van der Waals surface area contributed by atoms with Crippen molar-refractivity contribution in [1.29, 1.82) is 0 Å². The topological polar surface area (TPSA) is 64.0 Å². The molecule has 0 spiro atoms. The van der Waals surface area contributed by atoms with Crippen LogP contribution in [0.4, 0.5) is 5.69 Å². The van der Waals surface area contributed by atoms with Gasteiger partial charge in [0.1, 0.15) is 12.4 Å². The average molecular weight is 333 g/mol. The van der Waals surface area contributed by atoms with Gasteiger partial charge >= 0.3 is 0 Å². The largest absolute Gasteiger partial charge is 0.324 e. The number of hydrogen-bond acceptors (Lipinski definition) is 3. The molecule has 1 aromatic heterocycles. The first-order valence-corrected chi connectivity index (χ1v) is 8.04. The number of rotatable bonds is 4. The first-order chi connectivity index (χ1) is 12.0. The van der Waals surface area contributed by atoms with Crippen molar-refractivity contribution in [3.8, 4) is 11.3 Å². The van der Waals surface area contributed by atoms with Gasteiger partial charge in [-0.1, -0.05) is 48.5 Å². The number of aromatic nitrogens is 2. The van der Waals surface area contributed by atoms with Gasteiger partial charge in [-0.05, 0) is 25.5 Å². The zero-order chi connectivity index (χ0) is 17.8. The molecule has 0 saturated carbocycles. The minimum absolute atomic E-state index is 0.0684. The molecule has 0 atom stereocenters. The zero-order valence-electron chi connectivity index (χ0n) is 14.2. The molecule has 0 aliphatic rings. The summed E-state index contributed by atoms with van der Waals surface area (Å²) < 4.78 is 1.38. The molecule has 0 aliphatic heterocycles. The minimum atomic E-state index is -0.256. The standard InChI is InChI=1S/C20H19N3O2/c1-14-8-6-7-11-17(14)22-19(24)13-23-15(2)21-18(12-20(23)25)16-9-4-3-5-10-16/h3-12H,13H2,1-2H3,(H,22,24). The van der Waals surface area contributed by atoms with Gasteiger partial charge in [0.2, 0.25) is 5.91 Å². The Labute approximate surface area is 146 Å². The van der Waals surface area contributed by atoms with Crippen molar-refractivity contribution >= 4 is 11.6 Å². The summed E-state index contributed by atoms with van der Waals surface area (Å²) >= 11 is 0. The number of para-hydroxylation sites is 1. The normalized spacial score (nSPS) is 10.5. The molecule has 1 amide bonds. The van der Waals surface area contributed by atoms with Crippen LogP contribution in [0.2, 0.25) is 0 Å². The summed E-state index contributed by atoms with van der Waals surface area (Å²) in [5.41, 5.74) is 2.95. The van der Waals surface area contributed by atoms with Crippen LogP contribution in [0.5, 0.6) is 0 Å². The third kappa shape index (κ3) is 3.83. The van der Waals surface area contributed by atoms with Crippen LogP contribution in [-0.4, -0.2) is 15.5 Å². The van der Waals surface area contributed by atoms with Gasteiger partial charge in [0.15, 0.2) is 0 Å². The number of benzene rings is 2. The van der Waals surface area contributed by atoms with E-state index in [1.165, 1.54) is 10.6 Å². The van der Waals surface area contributed by atoms with Crippen molar-refractivity contribution in [3.05, 3.63) is 82.4 Å². The van der Waals surface area contributed by atoms with Crippen LogP contribution in [0.3, 0.4) is 0 Å². The first-order valence-electron chi connectivity index (χ1n) is 8.04. The fraction of sp³-hybridized carbons (Fsp3) is 0.150. The monoisotopic (exact) mass is 333 g/mol. The van der Waals surface area contributed by atoms with Crippen LogP contribution < -0.4 is 10.9 Å². The molecule has 126 valence electrons. The predicted octanol–water partition coefficient (Wildman–Crippen LogP) is 3.17. The number of nitrogens with one attached hydrogen (secondary N) is 1. The molecular weight excluding hydrogens is 314 g/mol. The van der Waals surface area contributed by atoms with E-state index in [4.69, 9.17) is 0 Å². The fourth-order valence-electron chi connectivity index (χ4n) is 2.62. The Hall–Kier alpha value is -3.21. The molecule has 25 heavy (non-hydrogen) atoms. The molecule has 0 radical (unpaired) electrons. The molecule has 5 nitrogen and oxygen atoms in total. The highest BCUT2D eigenvalue weighted by molar-refractivity contribution is 5.91. The van der Waals surface area contributed by atoms with Crippen molar-refractivity contribution in [2.45, 2.75) is 20.4 Å². The summed E-state index contributed by atoms with van der Waals surface area (Å²) in [6.45, 7) is 3.58. The zero-order valence-corrected chi connectivity index (χ0v) is 14.2. The second-order valence-electron chi connectivity index (χ2n) is 5.84. The van der Waals surface area contributed by atoms with E-state index >= 15 is 0 Å². The Balaban J connectivity index is 1.82. The van der Waals surface area contributed by atoms with Crippen LogP contribution in [0.25, 0.3) is 11.3 Å². The lowest BCUT2D eigenvalue weighted by Gasteiger charge is -2.12. The third-order valence-corrected chi connectivity index (χ3v) is 3.99. The second-order valence-corrected chi connectivity index (χ2v) is 5.84. The van der Waals surface area contributed by atoms with E-state index in [2.05, 4.69) is 10.3 Å². The fourth-order valence-corrected chi connectivity index (χ4v) is 2.62. The molecule has 5 heteroatoms. The minimum Gasteiger partial charge on any atom is -0.324 e. The van der Waals surface area contributed by atoms with E-state index in [1.807, 2.05) is 61.5 Å². The van der Waals surface area contributed by atoms with Crippen LogP contribution in [0.1, 0.15) is 11.4 Å². The Morgan fingerprint density at radius 2 is 1.72 bits per heavy atom. The number of nitrogens with zero attached hydrogens (tertiary/aromatic N) is 2. The molecule has 1 heterocycles. The predicted molar refractivity (Wildman–Crippen MR) is 98.5 cm³/mol. The van der Waals surface area contributed by atoms with Crippen molar-refractivity contribution < 1.29 is 4.79 Å². The first kappa shape index (κ1) is 16.6. The number of anilines is 1. The SMILES string of the molecule is Cc1ccccc1NC(=O)Cn1c(C)nc(-c2ccccc2)cc1=O. The Kier molecular flexibility index (Phi) is 4.75. The third-order valence-electron chi connectivity index (χ3n) is 3.99. The van der Waals surface area contributed by atoms with Crippen molar-refractivity contribution in [2.24, 2.45) is 0 Å². The van der Waals surface area contributed by atoms with E-state index < -0.39 is 0 Å². The lowest BCUT2D eigenvalue weighted by molar-refractivity contribution is -0.116. The molecule has 3 rings (SSSR count). The van der Waals surface area contributed by atoms with Gasteiger partial charge < -0.3 is 5.32 Å². The van der Waals surface area contributed by atoms with Gasteiger partial charge in [0, 0.05) is 17.3 Å². The molecule has 2 aromatic carbocycles. The van der Waals surface area contributed by atoms with Gasteiger partial charge in [0.25, 0.3) is 5.56 Å². The molecule has 0 saturated heterocycles. The average Bonchev–Trinajstić information content (AvgIpc) is 2.61. The summed E-state index contributed by atoms with van der Waals surface area (Å²) in [6, 6.07) is 18.5. The van der Waals surface area contributed by atoms with Crippen molar-refractivity contribution in [1.82, 2.24) is 9.55 Å². The Bertz CT molecular complexity index is 962. The maximum absolute atomic E-state index is 12.4. The van der Waals surface area contributed by atoms with Crippen LogP contribution >= 0.6 is 0 Å². The van der Waals surface area contributed by atoms with Crippen LogP contribution in [0, 0.1) is 13.8 Å². The molecule has 0 bridgehead atoms. The van der Waals surface area contributed by atoms with Crippen molar-refractivity contribution in [3.63, 3.8) is 0 Å². The van der Waals surface area contributed by atoms with Crippen LogP contribution in [0.15, 0.2) is 65.5 Å². The van der Waals surface area contributed by atoms with E-state index in [-0.39, 0.29) is 18.0 Å². The summed E-state index contributed by atoms with van der Waals surface area (Å²) in [7, 11) is 0. The smallest absolute Gasteiger partial charge is 0.254 e. The Morgan fingerprint density at radius 3 is 2.40 bits per heavy atom. The number of aryl methyl sites for hydroxylation is 2. The van der Waals surface area contributed by atoms with E-state index in [1.54, 1.807) is 6.92 Å². The molecule has 1 N–H and O–H groups in total. The van der Waals surface area contributed by atoms with E-state index in [0.29, 0.717) is 11.5 Å². The highest BCUT2D eigenvalue weighted by Gasteiger charge is 2.11. The molecule has 0 fully saturated rings. The van der Waals surface area contributed by atoms with E-state index in [9.17, 15) is 9.59 Å². The van der Waals surface area contributed by atoms with E-state index in [0.717, 1.165) is 16.8 Å². The lowest BCUT2D eigenvalue weighted by atomic mass is 10.1. The number of carbonyl (C=O) groups is 1. The summed E-state index contributed by atoms with van der Waals surface area (Å²) in [4.78, 5) is 29.2. The maximum Gasteiger partial charge on any atom is 0.254 e. The number of hydrogen-bond donors (Lipinski definition) is 1. The van der Waals surface area contributed by atoms with Gasteiger partial charge in [-0.25, -0.2) is 4.98 Å².